The van der Waals surface area contributed by atoms with Gasteiger partial charge in [-0.25, -0.2) is 0 Å². The summed E-state index contributed by atoms with van der Waals surface area (Å²) in [6, 6.07) is 3.70. The first-order chi connectivity index (χ1) is 6.36. The summed E-state index contributed by atoms with van der Waals surface area (Å²) in [5.41, 5.74) is 6.98. The molecule has 4 heteroatoms. The van der Waals surface area contributed by atoms with E-state index in [-0.39, 0.29) is 6.79 Å². The Labute approximate surface area is 73.8 Å². The van der Waals surface area contributed by atoms with Crippen LogP contribution in [0.2, 0.25) is 0 Å². The lowest BCUT2D eigenvalue weighted by atomic mass is 10.2. The Kier molecular flexibility index (Phi) is 1.07. The number of hydrogen-bond donors (Lipinski definition) is 1. The van der Waals surface area contributed by atoms with Crippen LogP contribution in [0.5, 0.6) is 11.5 Å². The van der Waals surface area contributed by atoms with Crippen LogP contribution in [0, 0.1) is 0 Å². The summed E-state index contributed by atoms with van der Waals surface area (Å²) in [7, 11) is 0. The van der Waals surface area contributed by atoms with Crippen LogP contribution in [0.3, 0.4) is 0 Å². The van der Waals surface area contributed by atoms with E-state index in [1.807, 2.05) is 12.1 Å². The first-order valence-corrected chi connectivity index (χ1v) is 3.91. The molecule has 1 aliphatic rings. The second-order valence-corrected chi connectivity index (χ2v) is 2.86. The molecule has 66 valence electrons. The van der Waals surface area contributed by atoms with Crippen molar-refractivity contribution in [3.05, 3.63) is 18.4 Å². The fourth-order valence-electron chi connectivity index (χ4n) is 1.50. The Morgan fingerprint density at radius 2 is 2.23 bits per heavy atom. The van der Waals surface area contributed by atoms with Gasteiger partial charge < -0.3 is 19.6 Å². The van der Waals surface area contributed by atoms with Crippen molar-refractivity contribution >= 4 is 16.7 Å². The molecule has 0 atom stereocenters. The summed E-state index contributed by atoms with van der Waals surface area (Å²) in [6.07, 6.45) is 1.59. The maximum atomic E-state index is 5.82. The van der Waals surface area contributed by atoms with Crippen molar-refractivity contribution in [2.45, 2.75) is 0 Å². The number of fused-ring (bicyclic) bond motifs is 2. The quantitative estimate of drug-likeness (QED) is 0.623. The maximum absolute atomic E-state index is 5.82. The molecule has 0 saturated heterocycles. The summed E-state index contributed by atoms with van der Waals surface area (Å²) in [4.78, 5) is 0. The molecule has 2 N–H and O–H groups in total. The predicted molar refractivity (Wildman–Crippen MR) is 46.7 cm³/mol. The van der Waals surface area contributed by atoms with Crippen molar-refractivity contribution in [1.29, 1.82) is 0 Å². The standard InChI is InChI=1S/C9H7NO3/c10-7-8-5(1-2-11-8)3-6-9(7)13-4-12-6/h1-3H,4,10H2. The number of benzene rings is 1. The monoisotopic (exact) mass is 177 g/mol. The lowest BCUT2D eigenvalue weighted by molar-refractivity contribution is 0.174. The number of nitrogen functional groups attached to an aromatic ring is 1. The molecule has 0 saturated carbocycles. The van der Waals surface area contributed by atoms with Gasteiger partial charge in [-0.05, 0) is 12.1 Å². The molecule has 1 aromatic heterocycles. The summed E-state index contributed by atoms with van der Waals surface area (Å²) < 4.78 is 15.6. The SMILES string of the molecule is Nc1c2c(cc3ccoc13)OCO2. The Balaban J connectivity index is 2.45. The Bertz CT molecular complexity index is 475. The van der Waals surface area contributed by atoms with Gasteiger partial charge in [0.15, 0.2) is 17.1 Å². The zero-order valence-corrected chi connectivity index (χ0v) is 6.74. The van der Waals surface area contributed by atoms with Crippen LogP contribution in [0.4, 0.5) is 5.69 Å². The number of furan rings is 1. The molecule has 0 spiro atoms. The average Bonchev–Trinajstić information content (AvgIpc) is 2.71. The van der Waals surface area contributed by atoms with Crippen LogP contribution in [-0.2, 0) is 0 Å². The van der Waals surface area contributed by atoms with Crippen molar-refractivity contribution in [2.24, 2.45) is 0 Å². The van der Waals surface area contributed by atoms with E-state index in [4.69, 9.17) is 19.6 Å². The number of hydrogen-bond acceptors (Lipinski definition) is 4. The highest BCUT2D eigenvalue weighted by molar-refractivity contribution is 5.94. The van der Waals surface area contributed by atoms with Gasteiger partial charge in [-0.2, -0.15) is 0 Å². The number of ether oxygens (including phenoxy) is 2. The summed E-state index contributed by atoms with van der Waals surface area (Å²) >= 11 is 0. The van der Waals surface area contributed by atoms with Crippen LogP contribution in [0.25, 0.3) is 11.0 Å². The van der Waals surface area contributed by atoms with Crippen LogP contribution in [0.1, 0.15) is 0 Å². The minimum absolute atomic E-state index is 0.228. The van der Waals surface area contributed by atoms with E-state index in [2.05, 4.69) is 0 Å². The minimum atomic E-state index is 0.228. The molecule has 0 aliphatic carbocycles. The van der Waals surface area contributed by atoms with E-state index < -0.39 is 0 Å². The largest absolute Gasteiger partial charge is 0.462 e. The molecule has 4 nitrogen and oxygen atoms in total. The van der Waals surface area contributed by atoms with Crippen LogP contribution < -0.4 is 15.2 Å². The van der Waals surface area contributed by atoms with Gasteiger partial charge in [-0.3, -0.25) is 0 Å². The predicted octanol–water partition coefficient (Wildman–Crippen LogP) is 1.74. The lowest BCUT2D eigenvalue weighted by Crippen LogP contribution is -1.94. The van der Waals surface area contributed by atoms with Gasteiger partial charge in [-0.15, -0.1) is 0 Å². The van der Waals surface area contributed by atoms with Crippen molar-refractivity contribution in [1.82, 2.24) is 0 Å². The summed E-state index contributed by atoms with van der Waals surface area (Å²) in [5.74, 6) is 1.27. The molecule has 1 aromatic carbocycles. The zero-order valence-electron chi connectivity index (χ0n) is 6.74. The van der Waals surface area contributed by atoms with Gasteiger partial charge >= 0.3 is 0 Å². The molecule has 2 aromatic rings. The number of nitrogens with two attached hydrogens (primary N) is 1. The van der Waals surface area contributed by atoms with Gasteiger partial charge in [0.2, 0.25) is 6.79 Å². The highest BCUT2D eigenvalue weighted by Crippen LogP contribution is 2.42. The molecule has 0 unspecified atom stereocenters. The highest BCUT2D eigenvalue weighted by Gasteiger charge is 2.20. The van der Waals surface area contributed by atoms with E-state index in [1.165, 1.54) is 0 Å². The Morgan fingerprint density at radius 3 is 3.15 bits per heavy atom. The van der Waals surface area contributed by atoms with Gasteiger partial charge in [0, 0.05) is 5.39 Å². The van der Waals surface area contributed by atoms with Crippen LogP contribution in [-0.4, -0.2) is 6.79 Å². The minimum Gasteiger partial charge on any atom is -0.462 e. The fourth-order valence-corrected chi connectivity index (χ4v) is 1.50. The molecule has 1 aliphatic heterocycles. The summed E-state index contributed by atoms with van der Waals surface area (Å²) in [6.45, 7) is 0.228. The highest BCUT2D eigenvalue weighted by atomic mass is 16.7. The molecule has 0 amide bonds. The third kappa shape index (κ3) is 0.744. The normalized spacial score (nSPS) is 13.8. The van der Waals surface area contributed by atoms with Crippen molar-refractivity contribution in [2.75, 3.05) is 12.5 Å². The van der Waals surface area contributed by atoms with Crippen LogP contribution in [0.15, 0.2) is 22.8 Å². The molecule has 3 rings (SSSR count). The summed E-state index contributed by atoms with van der Waals surface area (Å²) in [5, 5.41) is 0.932. The van der Waals surface area contributed by atoms with Gasteiger partial charge in [0.05, 0.1) is 6.26 Å². The van der Waals surface area contributed by atoms with E-state index in [1.54, 1.807) is 6.26 Å². The van der Waals surface area contributed by atoms with E-state index in [9.17, 15) is 0 Å². The number of anilines is 1. The molecular weight excluding hydrogens is 170 g/mol. The van der Waals surface area contributed by atoms with Crippen molar-refractivity contribution < 1.29 is 13.9 Å². The maximum Gasteiger partial charge on any atom is 0.231 e. The lowest BCUT2D eigenvalue weighted by Gasteiger charge is -2.00. The van der Waals surface area contributed by atoms with Gasteiger partial charge in [0.25, 0.3) is 0 Å². The smallest absolute Gasteiger partial charge is 0.231 e. The molecule has 0 fully saturated rings. The average molecular weight is 177 g/mol. The molecule has 2 heterocycles. The fraction of sp³-hybridized carbons (Fsp3) is 0.111. The molecular formula is C9H7NO3. The van der Waals surface area contributed by atoms with E-state index >= 15 is 0 Å². The first-order valence-electron chi connectivity index (χ1n) is 3.91. The van der Waals surface area contributed by atoms with Gasteiger partial charge in [0.1, 0.15) is 5.69 Å². The molecule has 0 bridgehead atoms. The van der Waals surface area contributed by atoms with E-state index in [0.717, 1.165) is 5.39 Å². The second kappa shape index (κ2) is 2.10. The Hall–Kier alpha value is -1.84. The zero-order chi connectivity index (χ0) is 8.84. The third-order valence-electron chi connectivity index (χ3n) is 2.11. The molecule has 0 radical (unpaired) electrons. The van der Waals surface area contributed by atoms with Crippen LogP contribution >= 0.6 is 0 Å². The Morgan fingerprint density at radius 1 is 1.31 bits per heavy atom. The van der Waals surface area contributed by atoms with Crippen molar-refractivity contribution in [3.8, 4) is 11.5 Å². The first kappa shape index (κ1) is 6.65. The van der Waals surface area contributed by atoms with E-state index in [0.29, 0.717) is 22.8 Å². The second-order valence-electron chi connectivity index (χ2n) is 2.86. The topological polar surface area (TPSA) is 57.6 Å². The molecule has 13 heavy (non-hydrogen) atoms. The van der Waals surface area contributed by atoms with Gasteiger partial charge in [-0.1, -0.05) is 0 Å². The number of rotatable bonds is 0. The van der Waals surface area contributed by atoms with Crippen molar-refractivity contribution in [3.63, 3.8) is 0 Å². The third-order valence-corrected chi connectivity index (χ3v) is 2.11.